The summed E-state index contributed by atoms with van der Waals surface area (Å²) in [6.45, 7) is 5.57. The number of hydrazone groups is 1. The molecule has 2 aromatic carbocycles. The third-order valence-corrected chi connectivity index (χ3v) is 5.37. The van der Waals surface area contributed by atoms with Gasteiger partial charge in [-0.2, -0.15) is 9.78 Å². The molecule has 0 aliphatic heterocycles. The molecule has 0 atom stereocenters. The number of hydrogen-bond acceptors (Lipinski definition) is 4. The van der Waals surface area contributed by atoms with Gasteiger partial charge in [0.25, 0.3) is 11.5 Å². The number of rotatable bonds is 4. The van der Waals surface area contributed by atoms with Crippen LogP contribution >= 0.6 is 11.6 Å². The number of benzene rings is 2. The van der Waals surface area contributed by atoms with Crippen molar-refractivity contribution in [2.24, 2.45) is 5.10 Å². The fraction of sp³-hybridized carbons (Fsp3) is 0.130. The molecule has 0 aliphatic rings. The standard InChI is InChI=1S/C23H20ClN5O2/c1-14-12-17(13-25-27-22(30)18-8-4-6-10-20(18)24)15(2)28(14)29-16(3)26-21-11-7-5-9-19(21)23(29)31/h4-13H,1-3H3,(H,27,30). The molecule has 0 saturated heterocycles. The second-order valence-corrected chi connectivity index (χ2v) is 7.52. The molecule has 8 heteroatoms. The minimum atomic E-state index is -0.401. The Morgan fingerprint density at radius 3 is 2.55 bits per heavy atom. The third-order valence-electron chi connectivity index (χ3n) is 5.04. The van der Waals surface area contributed by atoms with Crippen LogP contribution in [0.1, 0.15) is 33.1 Å². The van der Waals surface area contributed by atoms with Crippen LogP contribution in [0.2, 0.25) is 5.02 Å². The molecule has 31 heavy (non-hydrogen) atoms. The van der Waals surface area contributed by atoms with Gasteiger partial charge >= 0.3 is 0 Å². The van der Waals surface area contributed by atoms with E-state index >= 15 is 0 Å². The number of nitrogens with zero attached hydrogens (tertiary/aromatic N) is 4. The lowest BCUT2D eigenvalue weighted by molar-refractivity contribution is 0.0955. The van der Waals surface area contributed by atoms with Gasteiger partial charge in [0, 0.05) is 17.0 Å². The van der Waals surface area contributed by atoms with E-state index in [1.54, 1.807) is 52.8 Å². The van der Waals surface area contributed by atoms with E-state index in [1.165, 1.54) is 0 Å². The molecule has 1 amide bonds. The second-order valence-electron chi connectivity index (χ2n) is 7.11. The van der Waals surface area contributed by atoms with Crippen molar-refractivity contribution < 1.29 is 4.79 Å². The van der Waals surface area contributed by atoms with Crippen molar-refractivity contribution in [2.75, 3.05) is 0 Å². The van der Waals surface area contributed by atoms with E-state index in [-0.39, 0.29) is 5.56 Å². The molecule has 0 spiro atoms. The summed E-state index contributed by atoms with van der Waals surface area (Å²) in [7, 11) is 0. The Balaban J connectivity index is 1.68. The number of nitrogens with one attached hydrogen (secondary N) is 1. The van der Waals surface area contributed by atoms with Crippen molar-refractivity contribution in [3.05, 3.63) is 98.3 Å². The van der Waals surface area contributed by atoms with Gasteiger partial charge in [-0.3, -0.25) is 14.3 Å². The average molecular weight is 434 g/mol. The Labute approximate surface area is 183 Å². The van der Waals surface area contributed by atoms with Crippen LogP contribution in [0, 0.1) is 20.8 Å². The number of carbonyl (C=O) groups excluding carboxylic acids is 1. The Bertz CT molecular complexity index is 1400. The zero-order valence-corrected chi connectivity index (χ0v) is 18.0. The SMILES string of the molecule is Cc1cc(C=NNC(=O)c2ccccc2Cl)c(C)n1-n1c(C)nc2ccccc2c1=O. The van der Waals surface area contributed by atoms with Crippen LogP contribution in [0.3, 0.4) is 0 Å². The number of amides is 1. The van der Waals surface area contributed by atoms with E-state index in [2.05, 4.69) is 15.5 Å². The summed E-state index contributed by atoms with van der Waals surface area (Å²) < 4.78 is 3.35. The predicted molar refractivity (Wildman–Crippen MR) is 122 cm³/mol. The first kappa shape index (κ1) is 20.6. The fourth-order valence-corrected chi connectivity index (χ4v) is 3.77. The molecule has 0 radical (unpaired) electrons. The molecule has 1 N–H and O–H groups in total. The fourth-order valence-electron chi connectivity index (χ4n) is 3.55. The number of halogens is 1. The summed E-state index contributed by atoms with van der Waals surface area (Å²) in [5, 5.41) is 4.96. The number of fused-ring (bicyclic) bond motifs is 1. The zero-order valence-electron chi connectivity index (χ0n) is 17.3. The van der Waals surface area contributed by atoms with Crippen LogP contribution < -0.4 is 11.0 Å². The van der Waals surface area contributed by atoms with Crippen molar-refractivity contribution in [2.45, 2.75) is 20.8 Å². The van der Waals surface area contributed by atoms with Gasteiger partial charge in [0.05, 0.1) is 27.7 Å². The lowest BCUT2D eigenvalue weighted by Gasteiger charge is -2.16. The largest absolute Gasteiger partial charge is 0.280 e. The Morgan fingerprint density at radius 2 is 1.77 bits per heavy atom. The van der Waals surface area contributed by atoms with E-state index in [0.29, 0.717) is 27.3 Å². The Morgan fingerprint density at radius 1 is 1.06 bits per heavy atom. The maximum atomic E-state index is 13.2. The van der Waals surface area contributed by atoms with Gasteiger partial charge in [-0.05, 0) is 51.1 Å². The van der Waals surface area contributed by atoms with Crippen LogP contribution in [-0.2, 0) is 0 Å². The lowest BCUT2D eigenvalue weighted by Crippen LogP contribution is -2.30. The number of carbonyl (C=O) groups is 1. The third kappa shape index (κ3) is 3.75. The predicted octanol–water partition coefficient (Wildman–Crippen LogP) is 3.85. The highest BCUT2D eigenvalue weighted by Crippen LogP contribution is 2.16. The van der Waals surface area contributed by atoms with E-state index in [4.69, 9.17) is 11.6 Å². The van der Waals surface area contributed by atoms with Crippen LogP contribution in [0.25, 0.3) is 10.9 Å². The average Bonchev–Trinajstić information content (AvgIpc) is 3.02. The van der Waals surface area contributed by atoms with Gasteiger partial charge in [0.2, 0.25) is 0 Å². The normalized spacial score (nSPS) is 11.4. The summed E-state index contributed by atoms with van der Waals surface area (Å²) >= 11 is 6.05. The first-order chi connectivity index (χ1) is 14.9. The number of hydrogen-bond donors (Lipinski definition) is 1. The molecule has 7 nitrogen and oxygen atoms in total. The molecule has 156 valence electrons. The highest BCUT2D eigenvalue weighted by Gasteiger charge is 2.15. The summed E-state index contributed by atoms with van der Waals surface area (Å²) in [5.41, 5.74) is 5.72. The Kier molecular flexibility index (Phi) is 5.44. The van der Waals surface area contributed by atoms with Crippen LogP contribution in [-0.4, -0.2) is 26.5 Å². The molecule has 0 bridgehead atoms. The molecular formula is C23H20ClN5O2. The molecule has 0 saturated carbocycles. The number of aryl methyl sites for hydroxylation is 2. The first-order valence-corrected chi connectivity index (χ1v) is 10.0. The Hall–Kier alpha value is -3.71. The van der Waals surface area contributed by atoms with Gasteiger partial charge in [-0.25, -0.2) is 10.4 Å². The maximum Gasteiger partial charge on any atom is 0.280 e. The van der Waals surface area contributed by atoms with Gasteiger partial charge in [0.15, 0.2) is 0 Å². The van der Waals surface area contributed by atoms with Crippen molar-refractivity contribution in [1.29, 1.82) is 0 Å². The summed E-state index contributed by atoms with van der Waals surface area (Å²) in [6, 6.07) is 15.9. The first-order valence-electron chi connectivity index (χ1n) is 9.64. The zero-order chi connectivity index (χ0) is 22.1. The minimum Gasteiger partial charge on any atom is -0.267 e. The number of para-hydroxylation sites is 1. The molecular weight excluding hydrogens is 414 g/mol. The monoisotopic (exact) mass is 433 g/mol. The lowest BCUT2D eigenvalue weighted by atomic mass is 10.2. The molecule has 2 heterocycles. The highest BCUT2D eigenvalue weighted by molar-refractivity contribution is 6.33. The van der Waals surface area contributed by atoms with Crippen LogP contribution in [0.15, 0.2) is 64.5 Å². The second kappa shape index (κ2) is 8.20. The van der Waals surface area contributed by atoms with E-state index in [9.17, 15) is 9.59 Å². The molecule has 4 aromatic rings. The summed E-state index contributed by atoms with van der Waals surface area (Å²) in [5.74, 6) is 0.169. The van der Waals surface area contributed by atoms with E-state index < -0.39 is 5.91 Å². The van der Waals surface area contributed by atoms with Crippen LogP contribution in [0.4, 0.5) is 0 Å². The molecule has 0 fully saturated rings. The van der Waals surface area contributed by atoms with E-state index in [1.807, 2.05) is 38.1 Å². The van der Waals surface area contributed by atoms with Crippen LogP contribution in [0.5, 0.6) is 0 Å². The molecule has 0 unspecified atom stereocenters. The molecule has 0 aliphatic carbocycles. The van der Waals surface area contributed by atoms with Gasteiger partial charge in [-0.15, -0.1) is 0 Å². The summed E-state index contributed by atoms with van der Waals surface area (Å²) in [6.07, 6.45) is 1.54. The van der Waals surface area contributed by atoms with Gasteiger partial charge in [0.1, 0.15) is 5.82 Å². The molecule has 4 rings (SSSR count). The van der Waals surface area contributed by atoms with Crippen molar-refractivity contribution in [3.8, 4) is 0 Å². The smallest absolute Gasteiger partial charge is 0.267 e. The quantitative estimate of drug-likeness (QED) is 0.392. The maximum absolute atomic E-state index is 13.2. The van der Waals surface area contributed by atoms with E-state index in [0.717, 1.165) is 17.0 Å². The van der Waals surface area contributed by atoms with Crippen molar-refractivity contribution in [1.82, 2.24) is 19.8 Å². The highest BCUT2D eigenvalue weighted by atomic mass is 35.5. The summed E-state index contributed by atoms with van der Waals surface area (Å²) in [4.78, 5) is 30.0. The van der Waals surface area contributed by atoms with Crippen molar-refractivity contribution >= 4 is 34.6 Å². The topological polar surface area (TPSA) is 81.3 Å². The minimum absolute atomic E-state index is 0.152. The van der Waals surface area contributed by atoms with Gasteiger partial charge in [-0.1, -0.05) is 35.9 Å². The van der Waals surface area contributed by atoms with Crippen molar-refractivity contribution in [3.63, 3.8) is 0 Å². The molecule has 2 aromatic heterocycles. The number of aromatic nitrogens is 3. The van der Waals surface area contributed by atoms with Gasteiger partial charge < -0.3 is 0 Å².